The van der Waals surface area contributed by atoms with Crippen LogP contribution in [0.4, 0.5) is 4.39 Å². The number of carbonyl (C=O) groups excluding carboxylic acids is 1. The number of thiazole rings is 1. The fraction of sp³-hybridized carbons (Fsp3) is 0.208. The largest absolute Gasteiger partial charge is 0.497 e. The van der Waals surface area contributed by atoms with Crippen molar-refractivity contribution in [1.29, 1.82) is 0 Å². The Balaban J connectivity index is 1.93. The molecule has 3 aromatic rings. The van der Waals surface area contributed by atoms with Gasteiger partial charge >= 0.3 is 5.97 Å². The summed E-state index contributed by atoms with van der Waals surface area (Å²) >= 11 is 1.22. The monoisotopic (exact) mass is 452 g/mol. The number of methoxy groups -OCH3 is 1. The number of allylic oxidation sites excluding steroid dienone is 1. The number of fused-ring (bicyclic) bond motifs is 1. The molecule has 2 aromatic carbocycles. The molecule has 1 aliphatic heterocycles. The van der Waals surface area contributed by atoms with Gasteiger partial charge in [-0.1, -0.05) is 35.6 Å². The van der Waals surface area contributed by atoms with Gasteiger partial charge in [-0.15, -0.1) is 0 Å². The quantitative estimate of drug-likeness (QED) is 0.558. The van der Waals surface area contributed by atoms with Gasteiger partial charge in [-0.3, -0.25) is 9.36 Å². The molecule has 0 N–H and O–H groups in total. The van der Waals surface area contributed by atoms with Crippen LogP contribution in [0.2, 0.25) is 0 Å². The topological polar surface area (TPSA) is 69.9 Å². The average Bonchev–Trinajstić information content (AvgIpc) is 3.09. The van der Waals surface area contributed by atoms with Crippen LogP contribution in [0.3, 0.4) is 0 Å². The first-order chi connectivity index (χ1) is 15.4. The third-order valence-corrected chi connectivity index (χ3v) is 6.10. The number of ether oxygens (including phenoxy) is 2. The molecule has 2 heterocycles. The molecule has 0 fully saturated rings. The predicted molar refractivity (Wildman–Crippen MR) is 120 cm³/mol. The Morgan fingerprint density at radius 2 is 1.88 bits per heavy atom. The summed E-state index contributed by atoms with van der Waals surface area (Å²) in [7, 11) is 1.57. The summed E-state index contributed by atoms with van der Waals surface area (Å²) in [4.78, 5) is 31.3. The third-order valence-electron chi connectivity index (χ3n) is 5.12. The Labute approximate surface area is 187 Å². The zero-order chi connectivity index (χ0) is 22.8. The zero-order valence-electron chi connectivity index (χ0n) is 17.8. The Morgan fingerprint density at radius 3 is 2.50 bits per heavy atom. The molecule has 1 aromatic heterocycles. The average molecular weight is 453 g/mol. The molecule has 1 atom stereocenters. The molecule has 0 amide bonds. The number of esters is 1. The Kier molecular flexibility index (Phi) is 6.05. The molecule has 0 spiro atoms. The minimum atomic E-state index is -0.688. The molecule has 6 nitrogen and oxygen atoms in total. The van der Waals surface area contributed by atoms with Crippen molar-refractivity contribution >= 4 is 23.4 Å². The number of hydrogen-bond acceptors (Lipinski definition) is 6. The summed E-state index contributed by atoms with van der Waals surface area (Å²) < 4.78 is 25.7. The number of nitrogens with zero attached hydrogens (tertiary/aromatic N) is 2. The fourth-order valence-corrected chi connectivity index (χ4v) is 4.65. The van der Waals surface area contributed by atoms with Crippen LogP contribution in [0.5, 0.6) is 5.75 Å². The van der Waals surface area contributed by atoms with Crippen LogP contribution in [0.1, 0.15) is 31.0 Å². The highest BCUT2D eigenvalue weighted by molar-refractivity contribution is 7.07. The number of aromatic nitrogens is 1. The normalized spacial score (nSPS) is 15.9. The van der Waals surface area contributed by atoms with Crippen molar-refractivity contribution in [2.45, 2.75) is 19.9 Å². The molecule has 0 radical (unpaired) electrons. The highest BCUT2D eigenvalue weighted by atomic mass is 32.1. The number of carbonyl (C=O) groups is 1. The number of rotatable bonds is 5. The van der Waals surface area contributed by atoms with Crippen molar-refractivity contribution in [3.8, 4) is 5.75 Å². The lowest BCUT2D eigenvalue weighted by Crippen LogP contribution is -2.39. The van der Waals surface area contributed by atoms with Crippen LogP contribution in [0.15, 0.2) is 69.6 Å². The summed E-state index contributed by atoms with van der Waals surface area (Å²) in [5.41, 5.74) is 1.96. The molecule has 0 saturated carbocycles. The van der Waals surface area contributed by atoms with Crippen molar-refractivity contribution in [3.63, 3.8) is 0 Å². The lowest BCUT2D eigenvalue weighted by Gasteiger charge is -2.24. The van der Waals surface area contributed by atoms with Gasteiger partial charge in [0.1, 0.15) is 11.6 Å². The zero-order valence-corrected chi connectivity index (χ0v) is 18.6. The van der Waals surface area contributed by atoms with E-state index in [0.717, 1.165) is 5.56 Å². The third kappa shape index (κ3) is 4.01. The van der Waals surface area contributed by atoms with Crippen LogP contribution >= 0.6 is 11.3 Å². The Bertz CT molecular complexity index is 1370. The summed E-state index contributed by atoms with van der Waals surface area (Å²) in [5.74, 6) is -0.198. The highest BCUT2D eigenvalue weighted by Gasteiger charge is 2.33. The minimum absolute atomic E-state index is 0.208. The molecule has 164 valence electrons. The number of hydrogen-bond donors (Lipinski definition) is 0. The van der Waals surface area contributed by atoms with Crippen LogP contribution in [0, 0.1) is 5.82 Å². The fourth-order valence-electron chi connectivity index (χ4n) is 3.60. The molecule has 1 aliphatic rings. The van der Waals surface area contributed by atoms with E-state index in [4.69, 9.17) is 9.47 Å². The van der Waals surface area contributed by atoms with Gasteiger partial charge in [0.2, 0.25) is 0 Å². The smallest absolute Gasteiger partial charge is 0.338 e. The van der Waals surface area contributed by atoms with Gasteiger partial charge in [-0.05, 0) is 55.3 Å². The van der Waals surface area contributed by atoms with Gasteiger partial charge in [0.25, 0.3) is 5.56 Å². The molecular weight excluding hydrogens is 431 g/mol. The van der Waals surface area contributed by atoms with Crippen molar-refractivity contribution < 1.29 is 18.7 Å². The lowest BCUT2D eigenvalue weighted by molar-refractivity contribution is -0.139. The van der Waals surface area contributed by atoms with Crippen molar-refractivity contribution in [3.05, 3.63) is 96.4 Å². The summed E-state index contributed by atoms with van der Waals surface area (Å²) in [6.07, 6.45) is 1.69. The molecule has 0 bridgehead atoms. The minimum Gasteiger partial charge on any atom is -0.497 e. The van der Waals surface area contributed by atoms with Gasteiger partial charge in [0.15, 0.2) is 4.80 Å². The van der Waals surface area contributed by atoms with E-state index < -0.39 is 12.0 Å². The van der Waals surface area contributed by atoms with Gasteiger partial charge in [-0.2, -0.15) is 0 Å². The van der Waals surface area contributed by atoms with Gasteiger partial charge in [0.05, 0.1) is 35.6 Å². The van der Waals surface area contributed by atoms with E-state index in [0.29, 0.717) is 31.9 Å². The van der Waals surface area contributed by atoms with Gasteiger partial charge in [0, 0.05) is 0 Å². The summed E-state index contributed by atoms with van der Waals surface area (Å²) in [5, 5.41) is 0. The molecule has 8 heteroatoms. The second-order valence-electron chi connectivity index (χ2n) is 7.13. The van der Waals surface area contributed by atoms with E-state index in [1.165, 1.54) is 28.0 Å². The van der Waals surface area contributed by atoms with E-state index in [1.807, 2.05) is 12.1 Å². The number of benzene rings is 2. The molecule has 0 aliphatic carbocycles. The lowest BCUT2D eigenvalue weighted by atomic mass is 9.96. The second kappa shape index (κ2) is 8.92. The van der Waals surface area contributed by atoms with E-state index in [9.17, 15) is 14.0 Å². The summed E-state index contributed by atoms with van der Waals surface area (Å²) in [6.45, 7) is 3.67. The maximum atomic E-state index is 13.4. The van der Waals surface area contributed by atoms with Crippen molar-refractivity contribution in [1.82, 2.24) is 4.57 Å². The maximum Gasteiger partial charge on any atom is 0.338 e. The molecule has 4 rings (SSSR count). The van der Waals surface area contributed by atoms with E-state index in [-0.39, 0.29) is 18.0 Å². The van der Waals surface area contributed by atoms with Crippen LogP contribution in [0.25, 0.3) is 6.08 Å². The first-order valence-corrected chi connectivity index (χ1v) is 10.8. The van der Waals surface area contributed by atoms with Crippen molar-refractivity contribution in [2.75, 3.05) is 13.7 Å². The Morgan fingerprint density at radius 1 is 1.19 bits per heavy atom. The van der Waals surface area contributed by atoms with Crippen LogP contribution < -0.4 is 19.6 Å². The van der Waals surface area contributed by atoms with Crippen molar-refractivity contribution in [2.24, 2.45) is 4.99 Å². The second-order valence-corrected chi connectivity index (χ2v) is 8.14. The van der Waals surface area contributed by atoms with E-state index >= 15 is 0 Å². The highest BCUT2D eigenvalue weighted by Crippen LogP contribution is 2.31. The first kappa shape index (κ1) is 21.7. The summed E-state index contributed by atoms with van der Waals surface area (Å²) in [6, 6.07) is 12.4. The molecule has 0 unspecified atom stereocenters. The van der Waals surface area contributed by atoms with Gasteiger partial charge in [-0.25, -0.2) is 14.2 Å². The molecular formula is C24H21FN2O4S. The van der Waals surface area contributed by atoms with Crippen LogP contribution in [-0.2, 0) is 9.53 Å². The molecule has 32 heavy (non-hydrogen) atoms. The standard InChI is InChI=1S/C24H21FN2O4S/c1-4-31-23(29)20-14(2)26-24-27(21(20)16-7-11-18(30-3)12-8-16)22(28)19(32-24)13-15-5-9-17(25)10-6-15/h5-13,21H,4H2,1-3H3/b19-13+/t21-/m1/s1. The number of halogens is 1. The molecule has 0 saturated heterocycles. The Hall–Kier alpha value is -3.52. The predicted octanol–water partition coefficient (Wildman–Crippen LogP) is 2.95. The van der Waals surface area contributed by atoms with Gasteiger partial charge < -0.3 is 9.47 Å². The van der Waals surface area contributed by atoms with E-state index in [2.05, 4.69) is 4.99 Å². The van der Waals surface area contributed by atoms with Crippen LogP contribution in [-0.4, -0.2) is 24.3 Å². The maximum absolute atomic E-state index is 13.4. The first-order valence-electron chi connectivity index (χ1n) is 10.0. The van der Waals surface area contributed by atoms with E-state index in [1.54, 1.807) is 51.3 Å². The SMILES string of the molecule is CCOC(=O)C1=C(C)N=c2s/c(=C/c3ccc(F)cc3)c(=O)n2[C@@H]1c1ccc(OC)cc1.